The van der Waals surface area contributed by atoms with E-state index in [9.17, 15) is 0 Å². The standard InChI is InChI=1S/C9H7N3O/c1-6-8(4-10)9(12-11-6)7-2-3-13-5-7/h2-3,5H,1H3,(H,11,12). The predicted molar refractivity (Wildman–Crippen MR) is 45.7 cm³/mol. The second-order valence-electron chi connectivity index (χ2n) is 2.70. The van der Waals surface area contributed by atoms with Crippen molar-refractivity contribution in [3.63, 3.8) is 0 Å². The number of aryl methyl sites for hydroxylation is 1. The van der Waals surface area contributed by atoms with Gasteiger partial charge < -0.3 is 4.42 Å². The van der Waals surface area contributed by atoms with Crippen LogP contribution in [0, 0.1) is 18.3 Å². The molecule has 0 bridgehead atoms. The highest BCUT2D eigenvalue weighted by Crippen LogP contribution is 2.22. The Balaban J connectivity index is 2.60. The van der Waals surface area contributed by atoms with Gasteiger partial charge in [0.25, 0.3) is 0 Å². The number of hydrogen-bond acceptors (Lipinski definition) is 3. The molecule has 13 heavy (non-hydrogen) atoms. The number of H-pyrrole nitrogens is 1. The van der Waals surface area contributed by atoms with E-state index in [1.54, 1.807) is 18.6 Å². The van der Waals surface area contributed by atoms with Crippen LogP contribution in [0.25, 0.3) is 11.3 Å². The van der Waals surface area contributed by atoms with E-state index in [2.05, 4.69) is 16.3 Å². The van der Waals surface area contributed by atoms with E-state index in [-0.39, 0.29) is 0 Å². The van der Waals surface area contributed by atoms with E-state index in [0.717, 1.165) is 11.3 Å². The Hall–Kier alpha value is -2.02. The summed E-state index contributed by atoms with van der Waals surface area (Å²) in [6.07, 6.45) is 3.12. The highest BCUT2D eigenvalue weighted by Gasteiger charge is 2.11. The molecule has 64 valence electrons. The number of rotatable bonds is 1. The molecule has 0 atom stereocenters. The molecule has 4 heteroatoms. The minimum atomic E-state index is 0.571. The zero-order chi connectivity index (χ0) is 9.26. The number of aromatic amines is 1. The van der Waals surface area contributed by atoms with Crippen LogP contribution in [-0.4, -0.2) is 10.2 Å². The molecule has 0 radical (unpaired) electrons. The molecule has 0 aliphatic carbocycles. The van der Waals surface area contributed by atoms with Gasteiger partial charge in [-0.2, -0.15) is 10.4 Å². The Bertz CT molecular complexity index is 448. The third-order valence-corrected chi connectivity index (χ3v) is 1.85. The molecule has 2 aromatic heterocycles. The van der Waals surface area contributed by atoms with Gasteiger partial charge in [0, 0.05) is 5.56 Å². The summed E-state index contributed by atoms with van der Waals surface area (Å²) in [4.78, 5) is 0. The van der Waals surface area contributed by atoms with Crippen LogP contribution in [0.15, 0.2) is 23.0 Å². The summed E-state index contributed by atoms with van der Waals surface area (Å²) in [5, 5.41) is 15.6. The smallest absolute Gasteiger partial charge is 0.113 e. The summed E-state index contributed by atoms with van der Waals surface area (Å²) in [5.74, 6) is 0. The van der Waals surface area contributed by atoms with Crippen molar-refractivity contribution in [3.8, 4) is 17.3 Å². The molecule has 0 aliphatic rings. The van der Waals surface area contributed by atoms with Crippen LogP contribution < -0.4 is 0 Å². The van der Waals surface area contributed by atoms with Crippen molar-refractivity contribution in [1.82, 2.24) is 10.2 Å². The van der Waals surface area contributed by atoms with Gasteiger partial charge >= 0.3 is 0 Å². The Kier molecular flexibility index (Phi) is 1.64. The van der Waals surface area contributed by atoms with E-state index in [1.807, 2.05) is 6.92 Å². The Morgan fingerprint density at radius 3 is 3.08 bits per heavy atom. The quantitative estimate of drug-likeness (QED) is 0.715. The number of aromatic nitrogens is 2. The van der Waals surface area contributed by atoms with Gasteiger partial charge in [-0.15, -0.1) is 0 Å². The molecule has 2 rings (SSSR count). The average Bonchev–Trinajstić information content (AvgIpc) is 2.71. The van der Waals surface area contributed by atoms with E-state index in [1.165, 1.54) is 0 Å². The first-order valence-corrected chi connectivity index (χ1v) is 3.80. The lowest BCUT2D eigenvalue weighted by Crippen LogP contribution is -1.79. The number of nitrogens with one attached hydrogen (secondary N) is 1. The van der Waals surface area contributed by atoms with Crippen molar-refractivity contribution in [3.05, 3.63) is 29.9 Å². The van der Waals surface area contributed by atoms with E-state index < -0.39 is 0 Å². The molecule has 1 N–H and O–H groups in total. The van der Waals surface area contributed by atoms with Crippen molar-refractivity contribution in [2.75, 3.05) is 0 Å². The minimum Gasteiger partial charge on any atom is -0.472 e. The van der Waals surface area contributed by atoms with Crippen molar-refractivity contribution >= 4 is 0 Å². The topological polar surface area (TPSA) is 65.6 Å². The molecule has 0 unspecified atom stereocenters. The molecule has 2 aromatic rings. The molecule has 0 spiro atoms. The molecule has 2 heterocycles. The molecular weight excluding hydrogens is 166 g/mol. The first-order valence-electron chi connectivity index (χ1n) is 3.80. The fourth-order valence-corrected chi connectivity index (χ4v) is 1.17. The van der Waals surface area contributed by atoms with Crippen LogP contribution in [0.5, 0.6) is 0 Å². The average molecular weight is 173 g/mol. The molecule has 0 fully saturated rings. The van der Waals surface area contributed by atoms with Gasteiger partial charge in [-0.05, 0) is 13.0 Å². The van der Waals surface area contributed by atoms with Crippen LogP contribution in [-0.2, 0) is 0 Å². The first-order chi connectivity index (χ1) is 6.33. The summed E-state index contributed by atoms with van der Waals surface area (Å²) in [6.45, 7) is 1.81. The third kappa shape index (κ3) is 1.11. The first kappa shape index (κ1) is 7.62. The van der Waals surface area contributed by atoms with Gasteiger partial charge in [-0.25, -0.2) is 0 Å². The Morgan fingerprint density at radius 2 is 2.46 bits per heavy atom. The minimum absolute atomic E-state index is 0.571. The molecule has 0 saturated carbocycles. The van der Waals surface area contributed by atoms with Crippen molar-refractivity contribution in [1.29, 1.82) is 5.26 Å². The Morgan fingerprint density at radius 1 is 1.62 bits per heavy atom. The monoisotopic (exact) mass is 173 g/mol. The zero-order valence-electron chi connectivity index (χ0n) is 7.03. The molecule has 0 saturated heterocycles. The van der Waals surface area contributed by atoms with Crippen LogP contribution in [0.3, 0.4) is 0 Å². The summed E-state index contributed by atoms with van der Waals surface area (Å²) in [5.41, 5.74) is 2.81. The maximum atomic E-state index is 8.85. The fourth-order valence-electron chi connectivity index (χ4n) is 1.17. The summed E-state index contributed by atoms with van der Waals surface area (Å²) < 4.78 is 4.91. The maximum Gasteiger partial charge on any atom is 0.113 e. The van der Waals surface area contributed by atoms with Crippen molar-refractivity contribution in [2.45, 2.75) is 6.92 Å². The van der Waals surface area contributed by atoms with Crippen LogP contribution in [0.1, 0.15) is 11.3 Å². The van der Waals surface area contributed by atoms with Crippen LogP contribution >= 0.6 is 0 Å². The predicted octanol–water partition coefficient (Wildman–Crippen LogP) is 1.85. The van der Waals surface area contributed by atoms with Crippen LogP contribution in [0.4, 0.5) is 0 Å². The van der Waals surface area contributed by atoms with Crippen LogP contribution in [0.2, 0.25) is 0 Å². The van der Waals surface area contributed by atoms with E-state index in [0.29, 0.717) is 11.3 Å². The largest absolute Gasteiger partial charge is 0.472 e. The second-order valence-corrected chi connectivity index (χ2v) is 2.70. The zero-order valence-corrected chi connectivity index (χ0v) is 7.03. The highest BCUT2D eigenvalue weighted by atomic mass is 16.3. The Labute approximate surface area is 74.8 Å². The molecule has 0 aromatic carbocycles. The normalized spacial score (nSPS) is 9.85. The van der Waals surface area contributed by atoms with Crippen molar-refractivity contribution in [2.24, 2.45) is 0 Å². The third-order valence-electron chi connectivity index (χ3n) is 1.85. The van der Waals surface area contributed by atoms with E-state index >= 15 is 0 Å². The highest BCUT2D eigenvalue weighted by molar-refractivity contribution is 5.66. The second kappa shape index (κ2) is 2.79. The van der Waals surface area contributed by atoms with Gasteiger partial charge in [0.05, 0.1) is 18.2 Å². The summed E-state index contributed by atoms with van der Waals surface area (Å²) >= 11 is 0. The maximum absolute atomic E-state index is 8.85. The van der Waals surface area contributed by atoms with Gasteiger partial charge in [-0.1, -0.05) is 0 Å². The molecule has 4 nitrogen and oxygen atoms in total. The lowest BCUT2D eigenvalue weighted by atomic mass is 10.1. The number of hydrogen-bond donors (Lipinski definition) is 1. The lowest BCUT2D eigenvalue weighted by molar-refractivity contribution is 0.568. The number of furan rings is 1. The van der Waals surface area contributed by atoms with Gasteiger partial charge in [0.2, 0.25) is 0 Å². The molecule has 0 aliphatic heterocycles. The fraction of sp³-hybridized carbons (Fsp3) is 0.111. The van der Waals surface area contributed by atoms with Gasteiger partial charge in [-0.3, -0.25) is 5.10 Å². The number of nitrogens with zero attached hydrogens (tertiary/aromatic N) is 2. The van der Waals surface area contributed by atoms with Gasteiger partial charge in [0.1, 0.15) is 17.3 Å². The van der Waals surface area contributed by atoms with Gasteiger partial charge in [0.15, 0.2) is 0 Å². The number of nitriles is 1. The van der Waals surface area contributed by atoms with Crippen molar-refractivity contribution < 1.29 is 4.42 Å². The molecular formula is C9H7N3O. The summed E-state index contributed by atoms with van der Waals surface area (Å²) in [6, 6.07) is 3.87. The lowest BCUT2D eigenvalue weighted by Gasteiger charge is -1.88. The molecule has 0 amide bonds. The summed E-state index contributed by atoms with van der Waals surface area (Å²) in [7, 11) is 0. The SMILES string of the molecule is Cc1[nH]nc(-c2ccoc2)c1C#N. The van der Waals surface area contributed by atoms with E-state index in [4.69, 9.17) is 9.68 Å².